The normalized spacial score (nSPS) is 19.9. The molecule has 0 saturated heterocycles. The molecule has 2 aliphatic carbocycles. The van der Waals surface area contributed by atoms with Gasteiger partial charge in [-0.05, 0) is 23.8 Å². The fourth-order valence-corrected chi connectivity index (χ4v) is 5.97. The molecule has 31 heavy (non-hydrogen) atoms. The van der Waals surface area contributed by atoms with Crippen molar-refractivity contribution in [3.05, 3.63) is 18.0 Å². The molecule has 174 valence electrons. The monoisotopic (exact) mass is 453 g/mol. The number of carboxylic acid groups (broad SMARTS) is 1. The number of amides is 1. The highest BCUT2D eigenvalue weighted by Gasteiger charge is 2.41. The average molecular weight is 454 g/mol. The lowest BCUT2D eigenvalue weighted by Crippen LogP contribution is -2.51. The fourth-order valence-electron chi connectivity index (χ4n) is 5.46. The number of sulfone groups is 1. The summed E-state index contributed by atoms with van der Waals surface area (Å²) in [5, 5.41) is 17.0. The molecule has 0 aliphatic heterocycles. The molecule has 1 amide bonds. The molecule has 3 rings (SSSR count). The zero-order chi connectivity index (χ0) is 22.4. The van der Waals surface area contributed by atoms with Gasteiger partial charge in [-0.3, -0.25) is 9.48 Å². The number of aryl methyl sites for hydroxylation is 1. The summed E-state index contributed by atoms with van der Waals surface area (Å²) >= 11 is 0. The van der Waals surface area contributed by atoms with Crippen molar-refractivity contribution < 1.29 is 23.1 Å². The molecular weight excluding hydrogens is 418 g/mol. The van der Waals surface area contributed by atoms with Gasteiger partial charge in [-0.2, -0.15) is 5.10 Å². The summed E-state index contributed by atoms with van der Waals surface area (Å²) in [7, 11) is -3.21. The molecule has 1 aromatic heterocycles. The Bertz CT molecular complexity index is 836. The van der Waals surface area contributed by atoms with Gasteiger partial charge in [-0.25, -0.2) is 13.2 Å². The van der Waals surface area contributed by atoms with Gasteiger partial charge < -0.3 is 10.4 Å². The highest BCUT2D eigenvalue weighted by atomic mass is 32.2. The Hall–Kier alpha value is -1.90. The molecule has 9 heteroatoms. The first-order valence-corrected chi connectivity index (χ1v) is 13.6. The number of hydrogen-bond donors (Lipinski definition) is 2. The quantitative estimate of drug-likeness (QED) is 0.593. The second-order valence-electron chi connectivity index (χ2n) is 9.23. The van der Waals surface area contributed by atoms with Crippen molar-refractivity contribution >= 4 is 21.7 Å². The summed E-state index contributed by atoms with van der Waals surface area (Å²) < 4.78 is 24.3. The van der Waals surface area contributed by atoms with E-state index in [9.17, 15) is 23.1 Å². The van der Waals surface area contributed by atoms with Crippen molar-refractivity contribution in [2.45, 2.75) is 76.8 Å². The van der Waals surface area contributed by atoms with Crippen LogP contribution in [0.3, 0.4) is 0 Å². The second-order valence-corrected chi connectivity index (χ2v) is 11.5. The van der Waals surface area contributed by atoms with Crippen LogP contribution < -0.4 is 5.32 Å². The van der Waals surface area contributed by atoms with Gasteiger partial charge >= 0.3 is 5.97 Å². The van der Waals surface area contributed by atoms with E-state index in [0.717, 1.165) is 57.6 Å². The number of nitrogens with zero attached hydrogens (tertiary/aromatic N) is 2. The third-order valence-electron chi connectivity index (χ3n) is 6.95. The zero-order valence-electron chi connectivity index (χ0n) is 18.3. The van der Waals surface area contributed by atoms with Crippen LogP contribution in [0.5, 0.6) is 0 Å². The van der Waals surface area contributed by atoms with E-state index in [-0.39, 0.29) is 23.9 Å². The molecule has 0 spiro atoms. The Kier molecular flexibility index (Phi) is 8.13. The molecule has 1 aromatic rings. The van der Waals surface area contributed by atoms with E-state index in [1.165, 1.54) is 29.8 Å². The summed E-state index contributed by atoms with van der Waals surface area (Å²) in [6, 6.07) is 0.559. The molecule has 0 aromatic carbocycles. The highest BCUT2D eigenvalue weighted by Crippen LogP contribution is 2.41. The van der Waals surface area contributed by atoms with Gasteiger partial charge in [0.25, 0.3) is 5.91 Å². The van der Waals surface area contributed by atoms with E-state index in [2.05, 4.69) is 10.4 Å². The summed E-state index contributed by atoms with van der Waals surface area (Å²) in [5.74, 6) is -1.08. The van der Waals surface area contributed by atoms with Crippen LogP contribution in [0.25, 0.3) is 0 Å². The van der Waals surface area contributed by atoms with E-state index in [1.807, 2.05) is 0 Å². The van der Waals surface area contributed by atoms with E-state index in [4.69, 9.17) is 0 Å². The minimum absolute atomic E-state index is 0.0566. The van der Waals surface area contributed by atoms with Crippen LogP contribution in [-0.4, -0.2) is 53.2 Å². The van der Waals surface area contributed by atoms with Crippen LogP contribution in [0.2, 0.25) is 0 Å². The molecule has 2 fully saturated rings. The summed E-state index contributed by atoms with van der Waals surface area (Å²) in [5.41, 5.74) is 0.195. The van der Waals surface area contributed by atoms with E-state index >= 15 is 0 Å². The lowest BCUT2D eigenvalue weighted by Gasteiger charge is -2.41. The van der Waals surface area contributed by atoms with Gasteiger partial charge in [0.05, 0.1) is 12.3 Å². The number of aliphatic carboxylic acids is 1. The van der Waals surface area contributed by atoms with Crippen molar-refractivity contribution in [1.82, 2.24) is 15.1 Å². The Morgan fingerprint density at radius 3 is 2.13 bits per heavy atom. The predicted molar refractivity (Wildman–Crippen MR) is 117 cm³/mol. The van der Waals surface area contributed by atoms with Gasteiger partial charge in [-0.1, -0.05) is 64.2 Å². The molecule has 0 unspecified atom stereocenters. The lowest BCUT2D eigenvalue weighted by atomic mass is 9.66. The van der Waals surface area contributed by atoms with Gasteiger partial charge in [-0.15, -0.1) is 0 Å². The molecule has 2 N–H and O–H groups in total. The Morgan fingerprint density at radius 1 is 1.10 bits per heavy atom. The zero-order valence-corrected chi connectivity index (χ0v) is 19.1. The maximum Gasteiger partial charge on any atom is 0.326 e. The summed E-state index contributed by atoms with van der Waals surface area (Å²) in [6.07, 6.45) is 13.5. The number of hydrogen-bond acceptors (Lipinski definition) is 5. The van der Waals surface area contributed by atoms with Crippen molar-refractivity contribution in [3.8, 4) is 0 Å². The van der Waals surface area contributed by atoms with Gasteiger partial charge in [0.2, 0.25) is 0 Å². The number of rotatable bonds is 9. The van der Waals surface area contributed by atoms with Crippen molar-refractivity contribution in [2.75, 3.05) is 12.0 Å². The number of nitrogens with one attached hydrogen (secondary N) is 1. The van der Waals surface area contributed by atoms with Crippen LogP contribution in [0.4, 0.5) is 0 Å². The summed E-state index contributed by atoms with van der Waals surface area (Å²) in [4.78, 5) is 25.4. The van der Waals surface area contributed by atoms with Gasteiger partial charge in [0.15, 0.2) is 0 Å². The Labute approximate surface area is 184 Å². The van der Waals surface area contributed by atoms with Crippen LogP contribution >= 0.6 is 0 Å². The predicted octanol–water partition coefficient (Wildman–Crippen LogP) is 2.89. The smallest absolute Gasteiger partial charge is 0.326 e. The maximum atomic E-state index is 13.1. The van der Waals surface area contributed by atoms with Crippen LogP contribution in [0.1, 0.15) is 74.7 Å². The minimum Gasteiger partial charge on any atom is -0.480 e. The van der Waals surface area contributed by atoms with Crippen molar-refractivity contribution in [2.24, 2.45) is 17.8 Å². The van der Waals surface area contributed by atoms with Crippen LogP contribution in [0.15, 0.2) is 12.3 Å². The maximum absolute atomic E-state index is 13.1. The van der Waals surface area contributed by atoms with E-state index in [1.54, 1.807) is 0 Å². The third-order valence-corrected chi connectivity index (χ3v) is 7.87. The SMILES string of the molecule is CS(=O)(=O)CCn1nccc1C(=O)N[C@H](C(=O)O)C(C1CCCCC1)C1CCCCC1. The minimum atomic E-state index is -3.21. The highest BCUT2D eigenvalue weighted by molar-refractivity contribution is 7.90. The van der Waals surface area contributed by atoms with E-state index in [0.29, 0.717) is 11.8 Å². The van der Waals surface area contributed by atoms with Gasteiger partial charge in [0.1, 0.15) is 21.6 Å². The Morgan fingerprint density at radius 2 is 1.65 bits per heavy atom. The average Bonchev–Trinajstić information content (AvgIpc) is 3.21. The summed E-state index contributed by atoms with van der Waals surface area (Å²) in [6.45, 7) is 0.0566. The van der Waals surface area contributed by atoms with Crippen molar-refractivity contribution in [3.63, 3.8) is 0 Å². The first-order valence-electron chi connectivity index (χ1n) is 11.5. The van der Waals surface area contributed by atoms with Crippen LogP contribution in [0, 0.1) is 17.8 Å². The number of carboxylic acids is 1. The molecule has 2 saturated carbocycles. The van der Waals surface area contributed by atoms with Crippen molar-refractivity contribution in [1.29, 1.82) is 0 Å². The molecular formula is C22H35N3O5S. The number of carbonyl (C=O) groups excluding carboxylic acids is 1. The first-order chi connectivity index (χ1) is 14.8. The van der Waals surface area contributed by atoms with Gasteiger partial charge in [0, 0.05) is 12.5 Å². The topological polar surface area (TPSA) is 118 Å². The number of aromatic nitrogens is 2. The largest absolute Gasteiger partial charge is 0.480 e. The molecule has 1 heterocycles. The Balaban J connectivity index is 1.80. The molecule has 0 radical (unpaired) electrons. The third kappa shape index (κ3) is 6.54. The fraction of sp³-hybridized carbons (Fsp3) is 0.773. The van der Waals surface area contributed by atoms with E-state index < -0.39 is 27.8 Å². The lowest BCUT2D eigenvalue weighted by molar-refractivity contribution is -0.142. The molecule has 8 nitrogen and oxygen atoms in total. The standard InChI is InChI=1S/C22H35N3O5S/c1-31(29,30)15-14-25-18(12-13-23-25)21(26)24-20(22(27)28)19(16-8-4-2-5-9-16)17-10-6-3-7-11-17/h12-13,16-17,19-20H,2-11,14-15H2,1H3,(H,24,26)(H,27,28)/t20-/m0/s1. The van der Waals surface area contributed by atoms with Crippen LogP contribution in [-0.2, 0) is 21.2 Å². The first kappa shape index (κ1) is 23.8. The molecule has 0 bridgehead atoms. The molecule has 1 atom stereocenters. The number of carbonyl (C=O) groups is 2. The second kappa shape index (κ2) is 10.6. The molecule has 2 aliphatic rings.